The van der Waals surface area contributed by atoms with Gasteiger partial charge in [0.15, 0.2) is 17.6 Å². The topological polar surface area (TPSA) is 202 Å². The van der Waals surface area contributed by atoms with Crippen molar-refractivity contribution in [1.82, 2.24) is 26.3 Å². The van der Waals surface area contributed by atoms with Crippen LogP contribution in [0.2, 0.25) is 0 Å². The number of aromatic nitrogens is 1. The van der Waals surface area contributed by atoms with E-state index in [0.29, 0.717) is 74.8 Å². The third kappa shape index (κ3) is 13.5. The number of aromatic amines is 1. The summed E-state index contributed by atoms with van der Waals surface area (Å²) in [5, 5.41) is 75.1. The van der Waals surface area contributed by atoms with Crippen LogP contribution in [0.5, 0.6) is 28.7 Å². The lowest BCUT2D eigenvalue weighted by molar-refractivity contribution is -0.144. The van der Waals surface area contributed by atoms with Gasteiger partial charge in [-0.3, -0.25) is 10.6 Å². The van der Waals surface area contributed by atoms with Crippen molar-refractivity contribution >= 4 is 17.0 Å². The second kappa shape index (κ2) is 28.1. The number of phenolic OH excluding ortho intramolecular Hbond substituents is 2. The van der Waals surface area contributed by atoms with Gasteiger partial charge in [-0.2, -0.15) is 0 Å². The Labute approximate surface area is 560 Å². The number of aryl methyl sites for hydroxylation is 3. The van der Waals surface area contributed by atoms with Crippen molar-refractivity contribution in [2.45, 2.75) is 190 Å². The SMILES string of the molecule is CC(C)C[C@@](C)(O)CNCN[C@@H]1C#CC[C@H](CO)Oc2cc(cc(CCc3ccccc3)c2O)[C@H]2Oc3c(c4c(c5c3CC[C@@H](CO)O5)-c3ccc(O)c5c3[C@@H](C4)[C@H](c3ccc4[nH]ccc4c3)C(CNCCCc3ccccc3)=C5)C[C@@]21OCN[C@@H]1CCCC2(CCCC2)C1. The molecule has 0 unspecified atom stereocenters. The molecule has 14 rings (SSSR count). The van der Waals surface area contributed by atoms with Crippen LogP contribution >= 0.6 is 0 Å². The molecule has 1 aromatic heterocycles. The zero-order valence-electron chi connectivity index (χ0n) is 55.7. The second-order valence-electron chi connectivity index (χ2n) is 29.4. The summed E-state index contributed by atoms with van der Waals surface area (Å²) < 4.78 is 30.0. The number of fused-ring (bicyclic) bond motifs is 12. The number of aliphatic hydroxyl groups excluding tert-OH is 2. The Hall–Kier alpha value is -7.16. The molecule has 7 aromatic rings. The van der Waals surface area contributed by atoms with Gasteiger partial charge in [0.05, 0.1) is 25.5 Å². The molecule has 4 aliphatic carbocycles. The van der Waals surface area contributed by atoms with Crippen molar-refractivity contribution < 1.29 is 44.5 Å². The average molecular weight is 1280 g/mol. The monoisotopic (exact) mass is 1280 g/mol. The summed E-state index contributed by atoms with van der Waals surface area (Å²) >= 11 is 0. The lowest BCUT2D eigenvalue weighted by Gasteiger charge is -2.50. The molecular weight excluding hydrogens is 1190 g/mol. The maximum atomic E-state index is 12.5. The quantitative estimate of drug-likeness (QED) is 0.0165. The summed E-state index contributed by atoms with van der Waals surface area (Å²) in [5.74, 6) is 9.17. The zero-order chi connectivity index (χ0) is 65.3. The number of hydrogen-bond acceptors (Lipinski definition) is 13. The van der Waals surface area contributed by atoms with Crippen molar-refractivity contribution in [3.8, 4) is 51.7 Å². The van der Waals surface area contributed by atoms with Crippen molar-refractivity contribution in [3.05, 3.63) is 177 Å². The van der Waals surface area contributed by atoms with Gasteiger partial charge >= 0.3 is 0 Å². The molecule has 14 heteroatoms. The molecule has 10 N–H and O–H groups in total. The predicted octanol–water partition coefficient (Wildman–Crippen LogP) is 12.7. The zero-order valence-corrected chi connectivity index (χ0v) is 55.7. The maximum absolute atomic E-state index is 12.5. The number of H-pyrrole nitrogens is 1. The Morgan fingerprint density at radius 1 is 0.779 bits per heavy atom. The molecule has 3 aliphatic heterocycles. The van der Waals surface area contributed by atoms with Crippen LogP contribution in [-0.2, 0) is 43.3 Å². The van der Waals surface area contributed by atoms with Crippen LogP contribution in [0.4, 0.5) is 0 Å². The van der Waals surface area contributed by atoms with Crippen LogP contribution in [0, 0.1) is 23.2 Å². The number of nitrogens with one attached hydrogen (secondary N) is 5. The Morgan fingerprint density at radius 2 is 1.57 bits per heavy atom. The number of phenols is 2. The molecule has 14 nitrogen and oxygen atoms in total. The highest BCUT2D eigenvalue weighted by Crippen LogP contribution is 2.62. The molecule has 0 amide bonds. The highest BCUT2D eigenvalue weighted by molar-refractivity contribution is 5.90. The van der Waals surface area contributed by atoms with E-state index in [1.165, 1.54) is 48.8 Å². The van der Waals surface area contributed by atoms with E-state index < -0.39 is 35.6 Å². The lowest BCUT2D eigenvalue weighted by atomic mass is 9.62. The molecule has 6 aromatic carbocycles. The van der Waals surface area contributed by atoms with E-state index >= 15 is 0 Å². The summed E-state index contributed by atoms with van der Waals surface area (Å²) in [5.41, 5.74) is 12.2. The third-order valence-corrected chi connectivity index (χ3v) is 22.1. The highest BCUT2D eigenvalue weighted by atomic mass is 16.6. The van der Waals surface area contributed by atoms with Crippen molar-refractivity contribution in [1.29, 1.82) is 0 Å². The molecule has 9 atom stereocenters. The number of aliphatic hydroxyl groups is 3. The van der Waals surface area contributed by atoms with Crippen LogP contribution in [0.3, 0.4) is 0 Å². The molecule has 4 heterocycles. The van der Waals surface area contributed by atoms with Crippen molar-refractivity contribution in [2.75, 3.05) is 46.2 Å². The Balaban J connectivity index is 0.951. The first kappa shape index (κ1) is 65.1. The second-order valence-corrected chi connectivity index (χ2v) is 29.4. The van der Waals surface area contributed by atoms with Gasteiger partial charge in [0, 0.05) is 78.5 Å². The van der Waals surface area contributed by atoms with Crippen LogP contribution in [0.15, 0.2) is 121 Å². The molecule has 2 fully saturated rings. The predicted molar refractivity (Wildman–Crippen MR) is 374 cm³/mol. The number of rotatable bonds is 23. The van der Waals surface area contributed by atoms with Crippen LogP contribution in [0.1, 0.15) is 171 Å². The summed E-state index contributed by atoms with van der Waals surface area (Å²) in [6, 6.07) is 37.3. The fourth-order valence-corrected chi connectivity index (χ4v) is 17.8. The summed E-state index contributed by atoms with van der Waals surface area (Å²) in [6.45, 7) is 7.88. The Bertz CT molecular complexity index is 3960. The van der Waals surface area contributed by atoms with E-state index in [-0.39, 0.29) is 74.1 Å². The van der Waals surface area contributed by atoms with Gasteiger partial charge in [-0.1, -0.05) is 118 Å². The lowest BCUT2D eigenvalue weighted by Crippen LogP contribution is -2.62. The van der Waals surface area contributed by atoms with E-state index in [9.17, 15) is 25.5 Å². The van der Waals surface area contributed by atoms with E-state index in [1.807, 2.05) is 43.5 Å². The van der Waals surface area contributed by atoms with Gasteiger partial charge in [-0.15, -0.1) is 0 Å². The summed E-state index contributed by atoms with van der Waals surface area (Å²) in [7, 11) is 0. The first-order chi connectivity index (χ1) is 46.3. The Kier molecular flexibility index (Phi) is 19.3. The standard InChI is InChI=1S/C81H97N5O9/c1-51(2)42-79(3,91)48-83-49-85-71-22-12-21-60(46-87)93-70-40-57(38-56(75(70)90)24-23-53-17-8-5-9-18-53)78-81(71,92-50-86-59-20-13-34-80(43-59)32-10-11-33-80)44-67-64-41-66-72(55-25-29-68-54(37-55)31-36-84-68)58(45-82-35-14-19-52-15-6-4-7-16-52)39-65-69(89)30-28-62(73(65)66)74(64)77-63(76(67)95-78)27-26-61(47-88)94-77/h4-9,15-18,25,28-31,36-40,51,59-61,66,71-72,78,82-91H,10-11,13-14,19-21,23-24,26-27,32-35,41-50H2,1-3H3/t59-,60-,61+,66+,71-,72-,78-,79-,81+/m1/s1. The smallest absolute Gasteiger partial charge is 0.162 e. The van der Waals surface area contributed by atoms with Gasteiger partial charge in [-0.25, -0.2) is 0 Å². The fourth-order valence-electron chi connectivity index (χ4n) is 17.8. The number of aromatic hydroxyl groups is 2. The fraction of sp³-hybridized carbons (Fsp3) is 0.481. The van der Waals surface area contributed by atoms with Crippen LogP contribution < -0.4 is 35.5 Å². The van der Waals surface area contributed by atoms with Gasteiger partial charge < -0.3 is 60.1 Å². The molecule has 7 aliphatic rings. The van der Waals surface area contributed by atoms with Gasteiger partial charge in [0.2, 0.25) is 0 Å². The molecule has 2 saturated carbocycles. The minimum Gasteiger partial charge on any atom is -0.507 e. The van der Waals surface area contributed by atoms with Gasteiger partial charge in [0.25, 0.3) is 0 Å². The van der Waals surface area contributed by atoms with E-state index in [2.05, 4.69) is 137 Å². The highest BCUT2D eigenvalue weighted by Gasteiger charge is 2.56. The molecule has 500 valence electrons. The average Bonchev–Trinajstić information content (AvgIpc) is 0.878. The van der Waals surface area contributed by atoms with Gasteiger partial charge in [0.1, 0.15) is 41.1 Å². The van der Waals surface area contributed by atoms with E-state index in [1.54, 1.807) is 0 Å². The molecule has 95 heavy (non-hydrogen) atoms. The molecule has 2 bridgehead atoms. The number of hydrogen-bond donors (Lipinski definition) is 10. The normalized spacial score (nSPS) is 24.5. The Morgan fingerprint density at radius 3 is 2.36 bits per heavy atom. The minimum atomic E-state index is -1.33. The van der Waals surface area contributed by atoms with Crippen LogP contribution in [0.25, 0.3) is 28.1 Å². The molecular formula is C81H97N5O9. The van der Waals surface area contributed by atoms with E-state index in [4.69, 9.17) is 18.9 Å². The number of benzene rings is 6. The van der Waals surface area contributed by atoms with Gasteiger partial charge in [-0.05, 0) is 212 Å². The maximum Gasteiger partial charge on any atom is 0.162 e. The number of ether oxygens (including phenoxy) is 4. The molecule has 0 saturated heterocycles. The first-order valence-electron chi connectivity index (χ1n) is 35.5. The minimum absolute atomic E-state index is 0.0117. The van der Waals surface area contributed by atoms with Crippen LogP contribution in [-0.4, -0.2) is 112 Å². The summed E-state index contributed by atoms with van der Waals surface area (Å²) in [6.07, 6.45) is 17.7. The molecule has 0 radical (unpaired) electrons. The van der Waals surface area contributed by atoms with E-state index in [0.717, 1.165) is 105 Å². The third-order valence-electron chi connectivity index (χ3n) is 22.1. The van der Waals surface area contributed by atoms with Crippen molar-refractivity contribution in [3.63, 3.8) is 0 Å². The first-order valence-corrected chi connectivity index (χ1v) is 35.5. The largest absolute Gasteiger partial charge is 0.507 e. The van der Waals surface area contributed by atoms with Crippen molar-refractivity contribution in [2.24, 2.45) is 11.3 Å². The molecule has 1 spiro atoms. The summed E-state index contributed by atoms with van der Waals surface area (Å²) in [4.78, 5) is 3.44.